The molecule has 0 fully saturated rings. The van der Waals surface area contributed by atoms with Crippen molar-refractivity contribution in [1.82, 2.24) is 0 Å². The summed E-state index contributed by atoms with van der Waals surface area (Å²) in [6.45, 7) is 2.30. The third-order valence-electron chi connectivity index (χ3n) is 2.81. The zero-order valence-electron chi connectivity index (χ0n) is 11.4. The van der Waals surface area contributed by atoms with Crippen LogP contribution in [0, 0.1) is 0 Å². The second-order valence-corrected chi connectivity index (χ2v) is 4.91. The SMILES string of the molecule is CCOC(=O)CCCCCCCCCCC(=O)Cl. The molecule has 4 heteroatoms. The minimum Gasteiger partial charge on any atom is -0.466 e. The summed E-state index contributed by atoms with van der Waals surface area (Å²) in [5.74, 6) is -0.0803. The van der Waals surface area contributed by atoms with Gasteiger partial charge < -0.3 is 4.74 Å². The van der Waals surface area contributed by atoms with Gasteiger partial charge in [-0.3, -0.25) is 9.59 Å². The van der Waals surface area contributed by atoms with Gasteiger partial charge in [0.15, 0.2) is 0 Å². The molecule has 0 amide bonds. The lowest BCUT2D eigenvalue weighted by atomic mass is 10.1. The molecular formula is C14H25ClO3. The largest absolute Gasteiger partial charge is 0.466 e. The highest BCUT2D eigenvalue weighted by Gasteiger charge is 2.00. The number of hydrogen-bond acceptors (Lipinski definition) is 3. The molecule has 0 radical (unpaired) electrons. The van der Waals surface area contributed by atoms with Crippen LogP contribution in [0.3, 0.4) is 0 Å². The Labute approximate surface area is 115 Å². The quantitative estimate of drug-likeness (QED) is 0.305. The third-order valence-corrected chi connectivity index (χ3v) is 3.00. The van der Waals surface area contributed by atoms with Crippen LogP contribution < -0.4 is 0 Å². The van der Waals surface area contributed by atoms with Crippen molar-refractivity contribution in [3.63, 3.8) is 0 Å². The molecule has 0 aromatic heterocycles. The molecule has 0 aliphatic rings. The van der Waals surface area contributed by atoms with Gasteiger partial charge in [0.2, 0.25) is 5.24 Å². The van der Waals surface area contributed by atoms with Gasteiger partial charge in [0.05, 0.1) is 6.61 Å². The molecule has 0 bridgehead atoms. The Bertz CT molecular complexity index is 229. The molecule has 3 nitrogen and oxygen atoms in total. The first-order valence-corrected chi connectivity index (χ1v) is 7.38. The van der Waals surface area contributed by atoms with Crippen LogP contribution in [0.4, 0.5) is 0 Å². The van der Waals surface area contributed by atoms with Gasteiger partial charge in [-0.15, -0.1) is 0 Å². The lowest BCUT2D eigenvalue weighted by Crippen LogP contribution is -2.03. The van der Waals surface area contributed by atoms with Crippen molar-refractivity contribution in [2.45, 2.75) is 71.1 Å². The Balaban J connectivity index is 3.07. The number of ether oxygens (including phenoxy) is 1. The molecule has 0 rings (SSSR count). The highest BCUT2D eigenvalue weighted by Crippen LogP contribution is 2.11. The standard InChI is InChI=1S/C14H25ClO3/c1-2-18-14(17)12-10-8-6-4-3-5-7-9-11-13(15)16/h2-12H2,1H3. The van der Waals surface area contributed by atoms with Crippen LogP contribution in [0.2, 0.25) is 0 Å². The Morgan fingerprint density at radius 2 is 1.28 bits per heavy atom. The van der Waals surface area contributed by atoms with Crippen LogP contribution in [-0.4, -0.2) is 17.8 Å². The number of carbonyl (C=O) groups is 2. The van der Waals surface area contributed by atoms with Gasteiger partial charge in [0.25, 0.3) is 0 Å². The first-order valence-electron chi connectivity index (χ1n) is 7.00. The lowest BCUT2D eigenvalue weighted by molar-refractivity contribution is -0.143. The lowest BCUT2D eigenvalue weighted by Gasteiger charge is -2.02. The van der Waals surface area contributed by atoms with E-state index in [1.807, 2.05) is 6.92 Å². The van der Waals surface area contributed by atoms with E-state index in [-0.39, 0.29) is 11.2 Å². The van der Waals surface area contributed by atoms with Crippen molar-refractivity contribution in [3.05, 3.63) is 0 Å². The number of esters is 1. The monoisotopic (exact) mass is 276 g/mol. The number of carbonyl (C=O) groups excluding carboxylic acids is 2. The van der Waals surface area contributed by atoms with E-state index in [9.17, 15) is 9.59 Å². The molecule has 0 aliphatic carbocycles. The molecule has 0 N–H and O–H groups in total. The minimum absolute atomic E-state index is 0.0803. The number of hydrogen-bond donors (Lipinski definition) is 0. The van der Waals surface area contributed by atoms with Gasteiger partial charge in [-0.05, 0) is 31.4 Å². The molecule has 106 valence electrons. The highest BCUT2D eigenvalue weighted by molar-refractivity contribution is 6.63. The summed E-state index contributed by atoms with van der Waals surface area (Å²) >= 11 is 5.25. The van der Waals surface area contributed by atoms with Crippen molar-refractivity contribution in [3.8, 4) is 0 Å². The molecule has 0 unspecified atom stereocenters. The predicted octanol–water partition coefficient (Wildman–Crippen LogP) is 4.22. The Kier molecular flexibility index (Phi) is 12.5. The van der Waals surface area contributed by atoms with Crippen LogP contribution in [0.25, 0.3) is 0 Å². The number of rotatable bonds is 12. The van der Waals surface area contributed by atoms with Gasteiger partial charge in [-0.1, -0.05) is 38.5 Å². The summed E-state index contributed by atoms with van der Waals surface area (Å²) < 4.78 is 4.86. The zero-order valence-corrected chi connectivity index (χ0v) is 12.1. The fourth-order valence-electron chi connectivity index (χ4n) is 1.83. The van der Waals surface area contributed by atoms with E-state index in [0.717, 1.165) is 25.7 Å². The smallest absolute Gasteiger partial charge is 0.305 e. The summed E-state index contributed by atoms with van der Waals surface area (Å²) in [5, 5.41) is -0.228. The van der Waals surface area contributed by atoms with Gasteiger partial charge in [0.1, 0.15) is 0 Å². The minimum atomic E-state index is -0.228. The predicted molar refractivity (Wildman–Crippen MR) is 73.7 cm³/mol. The molecule has 0 saturated heterocycles. The van der Waals surface area contributed by atoms with Crippen molar-refractivity contribution in [1.29, 1.82) is 0 Å². The van der Waals surface area contributed by atoms with Crippen molar-refractivity contribution in [2.75, 3.05) is 6.61 Å². The third kappa shape index (κ3) is 13.5. The van der Waals surface area contributed by atoms with E-state index >= 15 is 0 Å². The van der Waals surface area contributed by atoms with Crippen molar-refractivity contribution in [2.24, 2.45) is 0 Å². The van der Waals surface area contributed by atoms with E-state index in [4.69, 9.17) is 16.3 Å². The van der Waals surface area contributed by atoms with Gasteiger partial charge in [0, 0.05) is 12.8 Å². The number of unbranched alkanes of at least 4 members (excludes halogenated alkanes) is 7. The fourth-order valence-corrected chi connectivity index (χ4v) is 1.96. The molecule has 0 aliphatic heterocycles. The Hall–Kier alpha value is -0.570. The molecule has 18 heavy (non-hydrogen) atoms. The molecule has 0 aromatic rings. The van der Waals surface area contributed by atoms with Crippen LogP contribution in [0.1, 0.15) is 71.1 Å². The molecule has 0 saturated carbocycles. The van der Waals surface area contributed by atoms with Gasteiger partial charge in [-0.25, -0.2) is 0 Å². The fraction of sp³-hybridized carbons (Fsp3) is 0.857. The summed E-state index contributed by atoms with van der Waals surface area (Å²) in [7, 11) is 0. The maximum absolute atomic E-state index is 11.0. The molecule has 0 aromatic carbocycles. The van der Waals surface area contributed by atoms with Crippen LogP contribution in [-0.2, 0) is 14.3 Å². The number of halogens is 1. The summed E-state index contributed by atoms with van der Waals surface area (Å²) in [6, 6.07) is 0. The summed E-state index contributed by atoms with van der Waals surface area (Å²) in [4.78, 5) is 21.5. The zero-order chi connectivity index (χ0) is 13.6. The topological polar surface area (TPSA) is 43.4 Å². The normalized spacial score (nSPS) is 10.3. The summed E-state index contributed by atoms with van der Waals surface area (Å²) in [5.41, 5.74) is 0. The average molecular weight is 277 g/mol. The van der Waals surface area contributed by atoms with E-state index < -0.39 is 0 Å². The first kappa shape index (κ1) is 17.4. The van der Waals surface area contributed by atoms with Gasteiger partial charge in [-0.2, -0.15) is 0 Å². The highest BCUT2D eigenvalue weighted by atomic mass is 35.5. The van der Waals surface area contributed by atoms with Crippen LogP contribution in [0.15, 0.2) is 0 Å². The van der Waals surface area contributed by atoms with Gasteiger partial charge >= 0.3 is 5.97 Å². The van der Waals surface area contributed by atoms with Crippen molar-refractivity contribution < 1.29 is 14.3 Å². The van der Waals surface area contributed by atoms with Crippen LogP contribution >= 0.6 is 11.6 Å². The van der Waals surface area contributed by atoms with Crippen LogP contribution in [0.5, 0.6) is 0 Å². The molecule has 0 heterocycles. The van der Waals surface area contributed by atoms with E-state index in [2.05, 4.69) is 0 Å². The molecule has 0 atom stereocenters. The van der Waals surface area contributed by atoms with Crippen molar-refractivity contribution >= 4 is 22.8 Å². The molecular weight excluding hydrogens is 252 g/mol. The van der Waals surface area contributed by atoms with E-state index in [1.54, 1.807) is 0 Å². The Morgan fingerprint density at radius 1 is 0.833 bits per heavy atom. The second-order valence-electron chi connectivity index (χ2n) is 4.49. The maximum atomic E-state index is 11.0. The summed E-state index contributed by atoms with van der Waals surface area (Å²) in [6.07, 6.45) is 9.82. The van der Waals surface area contributed by atoms with E-state index in [1.165, 1.54) is 25.7 Å². The Morgan fingerprint density at radius 3 is 1.72 bits per heavy atom. The first-order chi connectivity index (χ1) is 8.66. The molecule has 0 spiro atoms. The average Bonchev–Trinajstić information content (AvgIpc) is 2.31. The van der Waals surface area contributed by atoms with E-state index in [0.29, 0.717) is 19.4 Å². The second kappa shape index (κ2) is 12.9. The maximum Gasteiger partial charge on any atom is 0.305 e.